The van der Waals surface area contributed by atoms with Gasteiger partial charge < -0.3 is 19.1 Å². The summed E-state index contributed by atoms with van der Waals surface area (Å²) in [5.74, 6) is 1.89. The van der Waals surface area contributed by atoms with E-state index in [1.807, 2.05) is 24.3 Å². The van der Waals surface area contributed by atoms with Gasteiger partial charge in [0.15, 0.2) is 17.3 Å². The summed E-state index contributed by atoms with van der Waals surface area (Å²) in [4.78, 5) is 14.8. The molecule has 136 valence electrons. The minimum Gasteiger partial charge on any atom is -0.493 e. The Labute approximate surface area is 149 Å². The van der Waals surface area contributed by atoms with E-state index < -0.39 is 0 Å². The maximum atomic E-state index is 12.5. The van der Waals surface area contributed by atoms with Gasteiger partial charge in [-0.2, -0.15) is 0 Å². The van der Waals surface area contributed by atoms with Crippen LogP contribution in [0.4, 0.5) is 0 Å². The molecule has 5 heteroatoms. The Hall–Kier alpha value is -2.27. The first-order valence-corrected chi connectivity index (χ1v) is 8.57. The number of methoxy groups -OCH3 is 3. The van der Waals surface area contributed by atoms with Gasteiger partial charge in [-0.3, -0.25) is 4.79 Å². The van der Waals surface area contributed by atoms with E-state index >= 15 is 0 Å². The van der Waals surface area contributed by atoms with E-state index in [9.17, 15) is 4.79 Å². The fourth-order valence-electron chi connectivity index (χ4n) is 2.99. The number of nitrogens with zero attached hydrogens (tertiary/aromatic N) is 1. The molecule has 0 fully saturated rings. The number of hydrogen-bond donors (Lipinski definition) is 0. The maximum absolute atomic E-state index is 12.5. The van der Waals surface area contributed by atoms with Crippen LogP contribution in [0.2, 0.25) is 0 Å². The smallest absolute Gasteiger partial charge is 0.203 e. The summed E-state index contributed by atoms with van der Waals surface area (Å²) < 4.78 is 16.3. The Balaban J connectivity index is 2.37. The number of Topliss-reactive ketones (excluding diaryl/α,β-unsaturated/α-hetero) is 1. The molecule has 0 aliphatic heterocycles. The lowest BCUT2D eigenvalue weighted by molar-refractivity contribution is 0.0966. The van der Waals surface area contributed by atoms with Crippen LogP contribution in [0.1, 0.15) is 30.6 Å². The Kier molecular flexibility index (Phi) is 6.65. The number of hydrogen-bond acceptors (Lipinski definition) is 5. The van der Waals surface area contributed by atoms with Crippen molar-refractivity contribution in [2.45, 2.75) is 20.3 Å². The van der Waals surface area contributed by atoms with Gasteiger partial charge in [-0.05, 0) is 36.7 Å². The fraction of sp³-hybridized carbons (Fsp3) is 0.450. The number of ether oxygens (including phenoxy) is 3. The average Bonchev–Trinajstić information content (AvgIpc) is 2.66. The molecule has 2 aromatic carbocycles. The number of benzene rings is 2. The van der Waals surface area contributed by atoms with E-state index in [0.717, 1.165) is 30.4 Å². The summed E-state index contributed by atoms with van der Waals surface area (Å²) in [6.45, 7) is 6.90. The number of fused-ring (bicyclic) bond motifs is 1. The first kappa shape index (κ1) is 19.1. The highest BCUT2D eigenvalue weighted by atomic mass is 16.5. The van der Waals surface area contributed by atoms with Crippen molar-refractivity contribution in [3.63, 3.8) is 0 Å². The van der Waals surface area contributed by atoms with E-state index in [-0.39, 0.29) is 5.78 Å². The third-order valence-electron chi connectivity index (χ3n) is 4.51. The minimum absolute atomic E-state index is 0.141. The van der Waals surface area contributed by atoms with Gasteiger partial charge in [0.1, 0.15) is 0 Å². The Morgan fingerprint density at radius 1 is 0.960 bits per heavy atom. The van der Waals surface area contributed by atoms with Crippen molar-refractivity contribution in [1.82, 2.24) is 4.90 Å². The molecule has 2 rings (SSSR count). The number of carbonyl (C=O) groups is 1. The summed E-state index contributed by atoms with van der Waals surface area (Å²) in [5.41, 5.74) is 0.703. The normalized spacial score (nSPS) is 11.0. The molecule has 0 aromatic heterocycles. The van der Waals surface area contributed by atoms with E-state index in [1.165, 1.54) is 0 Å². The van der Waals surface area contributed by atoms with Gasteiger partial charge in [-0.1, -0.05) is 19.9 Å². The zero-order valence-electron chi connectivity index (χ0n) is 15.7. The summed E-state index contributed by atoms with van der Waals surface area (Å²) in [6, 6.07) is 7.52. The molecule has 0 radical (unpaired) electrons. The summed E-state index contributed by atoms with van der Waals surface area (Å²) in [5, 5.41) is 1.78. The summed E-state index contributed by atoms with van der Waals surface area (Å²) in [7, 11) is 4.76. The van der Waals surface area contributed by atoms with Crippen molar-refractivity contribution < 1.29 is 19.0 Å². The first-order valence-electron chi connectivity index (χ1n) is 8.57. The zero-order chi connectivity index (χ0) is 18.4. The molecular weight excluding hydrogens is 318 g/mol. The van der Waals surface area contributed by atoms with Crippen LogP contribution in [-0.4, -0.2) is 51.6 Å². The molecule has 0 amide bonds. The average molecular weight is 345 g/mol. The van der Waals surface area contributed by atoms with Crippen LogP contribution in [0, 0.1) is 0 Å². The Morgan fingerprint density at radius 2 is 1.64 bits per heavy atom. The van der Waals surface area contributed by atoms with E-state index in [2.05, 4.69) is 18.7 Å². The van der Waals surface area contributed by atoms with Crippen molar-refractivity contribution in [3.05, 3.63) is 29.8 Å². The SMILES string of the molecule is CCN(CC)CCC(=O)c1ccc2c(OC)c(OC)c(OC)cc2c1. The minimum atomic E-state index is 0.141. The van der Waals surface area contributed by atoms with E-state index in [1.54, 1.807) is 21.3 Å². The summed E-state index contributed by atoms with van der Waals surface area (Å²) >= 11 is 0. The third-order valence-corrected chi connectivity index (χ3v) is 4.51. The van der Waals surface area contributed by atoms with Crippen molar-refractivity contribution in [3.8, 4) is 17.2 Å². The molecule has 0 spiro atoms. The number of ketones is 1. The van der Waals surface area contributed by atoms with Crippen molar-refractivity contribution in [2.75, 3.05) is 41.0 Å². The van der Waals surface area contributed by atoms with Crippen LogP contribution in [-0.2, 0) is 0 Å². The number of carbonyl (C=O) groups excluding carboxylic acids is 1. The molecule has 0 aliphatic carbocycles. The molecule has 0 atom stereocenters. The van der Waals surface area contributed by atoms with Gasteiger partial charge in [-0.25, -0.2) is 0 Å². The lowest BCUT2D eigenvalue weighted by Gasteiger charge is -2.17. The van der Waals surface area contributed by atoms with Crippen molar-refractivity contribution in [1.29, 1.82) is 0 Å². The van der Waals surface area contributed by atoms with Crippen LogP contribution in [0.5, 0.6) is 17.2 Å². The quantitative estimate of drug-likeness (QED) is 0.647. The molecule has 0 saturated carbocycles. The topological polar surface area (TPSA) is 48.0 Å². The van der Waals surface area contributed by atoms with E-state index in [4.69, 9.17) is 14.2 Å². The van der Waals surface area contributed by atoms with Crippen molar-refractivity contribution in [2.24, 2.45) is 0 Å². The molecule has 0 bridgehead atoms. The van der Waals surface area contributed by atoms with Crippen LogP contribution in [0.25, 0.3) is 10.8 Å². The molecule has 2 aromatic rings. The predicted molar refractivity (Wildman–Crippen MR) is 100 cm³/mol. The molecule has 5 nitrogen and oxygen atoms in total. The lowest BCUT2D eigenvalue weighted by atomic mass is 10.0. The van der Waals surface area contributed by atoms with Crippen molar-refractivity contribution >= 4 is 16.6 Å². The van der Waals surface area contributed by atoms with Gasteiger partial charge in [-0.15, -0.1) is 0 Å². The second-order valence-corrected chi connectivity index (χ2v) is 5.78. The monoisotopic (exact) mass is 345 g/mol. The first-order chi connectivity index (χ1) is 12.1. The van der Waals surface area contributed by atoms with Crippen LogP contribution in [0.3, 0.4) is 0 Å². The highest BCUT2D eigenvalue weighted by molar-refractivity contribution is 6.02. The molecule has 0 N–H and O–H groups in total. The van der Waals surface area contributed by atoms with Gasteiger partial charge in [0.25, 0.3) is 0 Å². The molecule has 0 saturated heterocycles. The molecule has 0 heterocycles. The molecule has 0 aliphatic rings. The molecule has 25 heavy (non-hydrogen) atoms. The Morgan fingerprint density at radius 3 is 2.20 bits per heavy atom. The van der Waals surface area contributed by atoms with Crippen LogP contribution < -0.4 is 14.2 Å². The standard InChI is InChI=1S/C20H27NO4/c1-6-21(7-2)11-10-17(22)14-8-9-16-15(12-14)13-18(23-3)20(25-5)19(16)24-4/h8-9,12-13H,6-7,10-11H2,1-5H3. The Bertz CT molecular complexity index is 738. The lowest BCUT2D eigenvalue weighted by Crippen LogP contribution is -2.25. The highest BCUT2D eigenvalue weighted by Gasteiger charge is 2.17. The fourth-order valence-corrected chi connectivity index (χ4v) is 2.99. The van der Waals surface area contributed by atoms with Crippen LogP contribution in [0.15, 0.2) is 24.3 Å². The molecule has 0 unspecified atom stereocenters. The van der Waals surface area contributed by atoms with Gasteiger partial charge in [0.05, 0.1) is 21.3 Å². The van der Waals surface area contributed by atoms with Gasteiger partial charge >= 0.3 is 0 Å². The third kappa shape index (κ3) is 4.04. The van der Waals surface area contributed by atoms with Gasteiger partial charge in [0.2, 0.25) is 5.75 Å². The van der Waals surface area contributed by atoms with Gasteiger partial charge in [0, 0.05) is 23.9 Å². The predicted octanol–water partition coefficient (Wildman–Crippen LogP) is 3.78. The summed E-state index contributed by atoms with van der Waals surface area (Å²) in [6.07, 6.45) is 0.512. The largest absolute Gasteiger partial charge is 0.493 e. The number of rotatable bonds is 9. The second-order valence-electron chi connectivity index (χ2n) is 5.78. The maximum Gasteiger partial charge on any atom is 0.203 e. The molecular formula is C20H27NO4. The second kappa shape index (κ2) is 8.72. The van der Waals surface area contributed by atoms with Crippen LogP contribution >= 0.6 is 0 Å². The van der Waals surface area contributed by atoms with E-state index in [0.29, 0.717) is 29.2 Å². The highest BCUT2D eigenvalue weighted by Crippen LogP contribution is 2.43. The zero-order valence-corrected chi connectivity index (χ0v) is 15.7.